The largest absolute Gasteiger partial charge is 0.481 e. The van der Waals surface area contributed by atoms with Gasteiger partial charge in [-0.05, 0) is 34.0 Å². The number of carbonyl (C=O) groups is 1. The molecule has 3 aromatic rings. The Balaban J connectivity index is 1.97. The maximum absolute atomic E-state index is 10.8. The number of pyridine rings is 1. The molecule has 0 saturated carbocycles. The van der Waals surface area contributed by atoms with Crippen molar-refractivity contribution in [2.45, 2.75) is 11.3 Å². The molecule has 2 aromatic carbocycles. The minimum absolute atomic E-state index is 0.0537. The van der Waals surface area contributed by atoms with Gasteiger partial charge in [-0.15, -0.1) is 11.8 Å². The molecule has 3 nitrogen and oxygen atoms in total. The number of aromatic nitrogens is 1. The second-order valence-electron chi connectivity index (χ2n) is 5.09. The first-order chi connectivity index (χ1) is 11.1. The number of thioether (sulfide) groups is 1. The van der Waals surface area contributed by atoms with Gasteiger partial charge in [0.25, 0.3) is 0 Å². The third-order valence-corrected chi connectivity index (χ3v) is 5.34. The van der Waals surface area contributed by atoms with E-state index in [0.717, 1.165) is 21.4 Å². The first kappa shape index (κ1) is 16.0. The third-order valence-electron chi connectivity index (χ3n) is 3.55. The number of rotatable bonds is 5. The summed E-state index contributed by atoms with van der Waals surface area (Å²) < 4.78 is 1.07. The monoisotopic (exact) mass is 387 g/mol. The summed E-state index contributed by atoms with van der Waals surface area (Å²) in [4.78, 5) is 16.0. The van der Waals surface area contributed by atoms with E-state index in [1.165, 1.54) is 28.1 Å². The minimum atomic E-state index is -0.813. The van der Waals surface area contributed by atoms with Crippen molar-refractivity contribution in [3.63, 3.8) is 0 Å². The van der Waals surface area contributed by atoms with Crippen molar-refractivity contribution in [3.8, 4) is 0 Å². The summed E-state index contributed by atoms with van der Waals surface area (Å²) in [6.45, 7) is 0. The van der Waals surface area contributed by atoms with E-state index in [9.17, 15) is 4.79 Å². The fourth-order valence-corrected chi connectivity index (χ4v) is 3.74. The molecular formula is C18H14BrNO2S. The van der Waals surface area contributed by atoms with E-state index in [0.29, 0.717) is 0 Å². The lowest BCUT2D eigenvalue weighted by Crippen LogP contribution is -2.00. The highest BCUT2D eigenvalue weighted by Gasteiger charge is 2.10. The van der Waals surface area contributed by atoms with Crippen LogP contribution in [0.15, 0.2) is 64.2 Å². The van der Waals surface area contributed by atoms with Crippen LogP contribution >= 0.6 is 27.7 Å². The van der Waals surface area contributed by atoms with Crippen LogP contribution in [0.2, 0.25) is 0 Å². The molecule has 0 aliphatic heterocycles. The molecule has 0 atom stereocenters. The van der Waals surface area contributed by atoms with Crippen molar-refractivity contribution < 1.29 is 9.90 Å². The van der Waals surface area contributed by atoms with Crippen LogP contribution in [0.5, 0.6) is 0 Å². The molecule has 23 heavy (non-hydrogen) atoms. The summed E-state index contributed by atoms with van der Waals surface area (Å²) in [5, 5.41) is 11.3. The molecular weight excluding hydrogens is 374 g/mol. The normalized spacial score (nSPS) is 10.8. The molecule has 5 heteroatoms. The second kappa shape index (κ2) is 7.15. The van der Waals surface area contributed by atoms with Gasteiger partial charge in [0.2, 0.25) is 0 Å². The number of aliphatic carboxylic acids is 1. The van der Waals surface area contributed by atoms with Gasteiger partial charge in [-0.3, -0.25) is 9.78 Å². The number of hydrogen-bond acceptors (Lipinski definition) is 3. The molecule has 1 heterocycles. The van der Waals surface area contributed by atoms with Crippen LogP contribution in [0.25, 0.3) is 10.8 Å². The van der Waals surface area contributed by atoms with Crippen LogP contribution in [-0.4, -0.2) is 21.8 Å². The smallest absolute Gasteiger partial charge is 0.313 e. The number of carboxylic acids is 1. The highest BCUT2D eigenvalue weighted by atomic mass is 79.9. The Bertz CT molecular complexity index is 867. The highest BCUT2D eigenvalue weighted by Crippen LogP contribution is 2.30. The fraction of sp³-hybridized carbons (Fsp3) is 0.111. The van der Waals surface area contributed by atoms with E-state index >= 15 is 0 Å². The Morgan fingerprint density at radius 3 is 2.65 bits per heavy atom. The molecule has 3 rings (SSSR count). The van der Waals surface area contributed by atoms with Crippen molar-refractivity contribution in [2.24, 2.45) is 0 Å². The number of nitrogens with zero attached hydrogens (tertiary/aromatic N) is 1. The number of benzene rings is 2. The molecule has 0 bridgehead atoms. The van der Waals surface area contributed by atoms with E-state index in [1.807, 2.05) is 24.4 Å². The lowest BCUT2D eigenvalue weighted by molar-refractivity contribution is -0.133. The van der Waals surface area contributed by atoms with Crippen LogP contribution in [-0.2, 0) is 11.2 Å². The minimum Gasteiger partial charge on any atom is -0.481 e. The van der Waals surface area contributed by atoms with Gasteiger partial charge in [-0.2, -0.15) is 0 Å². The maximum Gasteiger partial charge on any atom is 0.313 e. The van der Waals surface area contributed by atoms with Crippen molar-refractivity contribution in [3.05, 3.63) is 70.5 Å². The van der Waals surface area contributed by atoms with Crippen molar-refractivity contribution in [2.75, 3.05) is 5.75 Å². The predicted octanol–water partition coefficient (Wildman–Crippen LogP) is 4.76. The lowest BCUT2D eigenvalue weighted by atomic mass is 9.99. The zero-order valence-electron chi connectivity index (χ0n) is 12.2. The van der Waals surface area contributed by atoms with Gasteiger partial charge in [0.1, 0.15) is 0 Å². The Kier molecular flexibility index (Phi) is 4.98. The van der Waals surface area contributed by atoms with Crippen LogP contribution in [0.3, 0.4) is 0 Å². The van der Waals surface area contributed by atoms with Gasteiger partial charge in [-0.25, -0.2) is 0 Å². The van der Waals surface area contributed by atoms with Gasteiger partial charge in [0.15, 0.2) is 0 Å². The van der Waals surface area contributed by atoms with Crippen molar-refractivity contribution in [1.82, 2.24) is 4.98 Å². The standard InChI is InChI=1S/C18H14BrNO2S/c19-16-6-5-12(14-3-1-2-4-15(14)16)9-13-10-20-8-7-17(13)23-11-18(21)22/h1-8,10H,9,11H2,(H,21,22). The van der Waals surface area contributed by atoms with Crippen LogP contribution in [0, 0.1) is 0 Å². The molecule has 0 aliphatic carbocycles. The summed E-state index contributed by atoms with van der Waals surface area (Å²) >= 11 is 4.92. The highest BCUT2D eigenvalue weighted by molar-refractivity contribution is 9.10. The Labute approximate surface area is 146 Å². The average molecular weight is 388 g/mol. The van der Waals surface area contributed by atoms with Gasteiger partial charge >= 0.3 is 5.97 Å². The van der Waals surface area contributed by atoms with Crippen LogP contribution < -0.4 is 0 Å². The van der Waals surface area contributed by atoms with Gasteiger partial charge in [0, 0.05) is 28.2 Å². The molecule has 0 fully saturated rings. The summed E-state index contributed by atoms with van der Waals surface area (Å²) in [5.41, 5.74) is 2.25. The molecule has 0 amide bonds. The summed E-state index contributed by atoms with van der Waals surface area (Å²) in [5.74, 6) is -0.759. The van der Waals surface area contributed by atoms with Gasteiger partial charge < -0.3 is 5.11 Å². The maximum atomic E-state index is 10.8. The van der Waals surface area contributed by atoms with Crippen LogP contribution in [0.4, 0.5) is 0 Å². The first-order valence-electron chi connectivity index (χ1n) is 7.09. The molecule has 116 valence electrons. The number of halogens is 1. The predicted molar refractivity (Wildman–Crippen MR) is 97.1 cm³/mol. The van der Waals surface area contributed by atoms with E-state index in [4.69, 9.17) is 5.11 Å². The number of carboxylic acid groups (broad SMARTS) is 1. The van der Waals surface area contributed by atoms with Gasteiger partial charge in [0.05, 0.1) is 5.75 Å². The van der Waals surface area contributed by atoms with Crippen LogP contribution in [0.1, 0.15) is 11.1 Å². The molecule has 0 aliphatic rings. The second-order valence-corrected chi connectivity index (χ2v) is 6.97. The molecule has 0 spiro atoms. The van der Waals surface area contributed by atoms with Gasteiger partial charge in [-0.1, -0.05) is 46.3 Å². The zero-order chi connectivity index (χ0) is 16.2. The lowest BCUT2D eigenvalue weighted by Gasteiger charge is -2.11. The molecule has 1 N–H and O–H groups in total. The van der Waals surface area contributed by atoms with E-state index in [-0.39, 0.29) is 5.75 Å². The molecule has 0 radical (unpaired) electrons. The third kappa shape index (κ3) is 3.74. The zero-order valence-corrected chi connectivity index (χ0v) is 14.6. The van der Waals surface area contributed by atoms with E-state index in [1.54, 1.807) is 6.20 Å². The topological polar surface area (TPSA) is 50.2 Å². The van der Waals surface area contributed by atoms with Crippen molar-refractivity contribution in [1.29, 1.82) is 0 Å². The SMILES string of the molecule is O=C(O)CSc1ccncc1Cc1ccc(Br)c2ccccc12. The molecule has 0 unspecified atom stereocenters. The van der Waals surface area contributed by atoms with E-state index < -0.39 is 5.97 Å². The summed E-state index contributed by atoms with van der Waals surface area (Å²) in [6, 6.07) is 14.3. The fourth-order valence-electron chi connectivity index (χ4n) is 2.51. The van der Waals surface area contributed by atoms with Crippen molar-refractivity contribution >= 4 is 44.4 Å². The Morgan fingerprint density at radius 1 is 1.09 bits per heavy atom. The molecule has 0 saturated heterocycles. The quantitative estimate of drug-likeness (QED) is 0.640. The number of fused-ring (bicyclic) bond motifs is 1. The number of hydrogen-bond donors (Lipinski definition) is 1. The summed E-state index contributed by atoms with van der Waals surface area (Å²) in [7, 11) is 0. The molecule has 1 aromatic heterocycles. The Morgan fingerprint density at radius 2 is 1.87 bits per heavy atom. The first-order valence-corrected chi connectivity index (χ1v) is 8.86. The Hall–Kier alpha value is -1.85. The summed E-state index contributed by atoms with van der Waals surface area (Å²) in [6.07, 6.45) is 4.25. The van der Waals surface area contributed by atoms with E-state index in [2.05, 4.69) is 45.2 Å². The average Bonchev–Trinajstić information content (AvgIpc) is 2.57.